The van der Waals surface area contributed by atoms with Crippen molar-refractivity contribution in [2.75, 3.05) is 0 Å². The van der Waals surface area contributed by atoms with Gasteiger partial charge in [-0.25, -0.2) is 0 Å². The molecule has 1 aromatic rings. The van der Waals surface area contributed by atoms with Gasteiger partial charge in [0.05, 0.1) is 0 Å². The van der Waals surface area contributed by atoms with Crippen molar-refractivity contribution in [3.63, 3.8) is 0 Å². The molecule has 0 spiro atoms. The standard InChI is InChI=1S/C10H11ClO/c1-2-9(12)7-8-5-3-4-6-10(8)11/h3-6H,2,7H2,1H3. The number of hydrogen-bond acceptors (Lipinski definition) is 1. The van der Waals surface area contributed by atoms with Crippen molar-refractivity contribution in [2.45, 2.75) is 19.8 Å². The Labute approximate surface area is 77.4 Å². The molecular weight excluding hydrogens is 172 g/mol. The zero-order valence-electron chi connectivity index (χ0n) is 7.01. The van der Waals surface area contributed by atoms with E-state index in [0.717, 1.165) is 5.56 Å². The lowest BCUT2D eigenvalue weighted by molar-refractivity contribution is -0.118. The molecule has 0 atom stereocenters. The van der Waals surface area contributed by atoms with Gasteiger partial charge in [0.25, 0.3) is 0 Å². The van der Waals surface area contributed by atoms with Crippen LogP contribution >= 0.6 is 11.6 Å². The second-order valence-corrected chi connectivity index (χ2v) is 3.07. The highest BCUT2D eigenvalue weighted by Gasteiger charge is 2.03. The number of halogens is 1. The largest absolute Gasteiger partial charge is 0.299 e. The van der Waals surface area contributed by atoms with E-state index < -0.39 is 0 Å². The van der Waals surface area contributed by atoms with E-state index in [1.807, 2.05) is 25.1 Å². The van der Waals surface area contributed by atoms with Crippen molar-refractivity contribution in [2.24, 2.45) is 0 Å². The molecule has 64 valence electrons. The molecule has 0 aliphatic heterocycles. The van der Waals surface area contributed by atoms with Crippen molar-refractivity contribution in [1.82, 2.24) is 0 Å². The van der Waals surface area contributed by atoms with Crippen molar-refractivity contribution < 1.29 is 4.79 Å². The Hall–Kier alpha value is -0.820. The van der Waals surface area contributed by atoms with Gasteiger partial charge in [0.2, 0.25) is 0 Å². The third-order valence-corrected chi connectivity index (χ3v) is 2.11. The number of carbonyl (C=O) groups excluding carboxylic acids is 1. The second kappa shape index (κ2) is 4.27. The van der Waals surface area contributed by atoms with Crippen molar-refractivity contribution in [1.29, 1.82) is 0 Å². The summed E-state index contributed by atoms with van der Waals surface area (Å²) in [7, 11) is 0. The van der Waals surface area contributed by atoms with E-state index in [1.165, 1.54) is 0 Å². The van der Waals surface area contributed by atoms with Gasteiger partial charge in [-0.3, -0.25) is 4.79 Å². The van der Waals surface area contributed by atoms with Crippen LogP contribution < -0.4 is 0 Å². The summed E-state index contributed by atoms with van der Waals surface area (Å²) in [5.74, 6) is 0.225. The van der Waals surface area contributed by atoms with Crippen molar-refractivity contribution in [3.8, 4) is 0 Å². The first-order chi connectivity index (χ1) is 5.74. The van der Waals surface area contributed by atoms with E-state index in [2.05, 4.69) is 0 Å². The summed E-state index contributed by atoms with van der Waals surface area (Å²) in [5.41, 5.74) is 0.922. The summed E-state index contributed by atoms with van der Waals surface area (Å²) in [6, 6.07) is 7.45. The van der Waals surface area contributed by atoms with Gasteiger partial charge in [0, 0.05) is 17.9 Å². The smallest absolute Gasteiger partial charge is 0.137 e. The molecule has 0 saturated heterocycles. The summed E-state index contributed by atoms with van der Waals surface area (Å²) in [4.78, 5) is 11.1. The third-order valence-electron chi connectivity index (χ3n) is 1.74. The predicted octanol–water partition coefficient (Wildman–Crippen LogP) is 2.86. The van der Waals surface area contributed by atoms with E-state index in [0.29, 0.717) is 17.9 Å². The van der Waals surface area contributed by atoms with Gasteiger partial charge in [0.1, 0.15) is 5.78 Å². The Morgan fingerprint density at radius 1 is 1.42 bits per heavy atom. The number of benzene rings is 1. The molecule has 0 radical (unpaired) electrons. The third kappa shape index (κ3) is 2.35. The Kier molecular flexibility index (Phi) is 3.30. The zero-order chi connectivity index (χ0) is 8.97. The summed E-state index contributed by atoms with van der Waals surface area (Å²) >= 11 is 5.87. The van der Waals surface area contributed by atoms with Crippen LogP contribution in [0.2, 0.25) is 5.02 Å². The van der Waals surface area contributed by atoms with E-state index in [-0.39, 0.29) is 5.78 Å². The normalized spacial score (nSPS) is 9.83. The number of hydrogen-bond donors (Lipinski definition) is 0. The van der Waals surface area contributed by atoms with Crippen LogP contribution in [0.1, 0.15) is 18.9 Å². The highest BCUT2D eigenvalue weighted by molar-refractivity contribution is 6.31. The molecule has 0 heterocycles. The highest BCUT2D eigenvalue weighted by atomic mass is 35.5. The van der Waals surface area contributed by atoms with Crippen LogP contribution in [-0.4, -0.2) is 5.78 Å². The minimum atomic E-state index is 0.225. The fourth-order valence-corrected chi connectivity index (χ4v) is 1.18. The molecule has 0 amide bonds. The molecule has 0 N–H and O–H groups in total. The van der Waals surface area contributed by atoms with Crippen LogP contribution in [0.25, 0.3) is 0 Å². The quantitative estimate of drug-likeness (QED) is 0.703. The Morgan fingerprint density at radius 2 is 2.08 bits per heavy atom. The highest BCUT2D eigenvalue weighted by Crippen LogP contribution is 2.15. The molecule has 0 fully saturated rings. The van der Waals surface area contributed by atoms with E-state index in [9.17, 15) is 4.79 Å². The number of carbonyl (C=O) groups is 1. The van der Waals surface area contributed by atoms with Crippen LogP contribution in [-0.2, 0) is 11.2 Å². The molecule has 0 unspecified atom stereocenters. The van der Waals surface area contributed by atoms with Crippen LogP contribution in [0, 0.1) is 0 Å². The van der Waals surface area contributed by atoms with E-state index >= 15 is 0 Å². The molecule has 0 aromatic heterocycles. The maximum absolute atomic E-state index is 11.1. The van der Waals surface area contributed by atoms with Crippen LogP contribution in [0.15, 0.2) is 24.3 Å². The van der Waals surface area contributed by atoms with Gasteiger partial charge in [-0.2, -0.15) is 0 Å². The molecular formula is C10H11ClO. The van der Waals surface area contributed by atoms with Crippen LogP contribution in [0.4, 0.5) is 0 Å². The summed E-state index contributed by atoms with van der Waals surface area (Å²) in [6.07, 6.45) is 1.03. The van der Waals surface area contributed by atoms with Crippen molar-refractivity contribution in [3.05, 3.63) is 34.9 Å². The molecule has 1 nitrogen and oxygen atoms in total. The fourth-order valence-electron chi connectivity index (χ4n) is 0.979. The van der Waals surface area contributed by atoms with Gasteiger partial charge < -0.3 is 0 Å². The summed E-state index contributed by atoms with van der Waals surface area (Å²) < 4.78 is 0. The van der Waals surface area contributed by atoms with Crippen molar-refractivity contribution >= 4 is 17.4 Å². The first-order valence-corrected chi connectivity index (χ1v) is 4.37. The Morgan fingerprint density at radius 3 is 2.67 bits per heavy atom. The lowest BCUT2D eigenvalue weighted by Crippen LogP contribution is -2.00. The van der Waals surface area contributed by atoms with Gasteiger partial charge in [-0.15, -0.1) is 0 Å². The number of Topliss-reactive ketones (excluding diaryl/α,β-unsaturated/α-hetero) is 1. The average molecular weight is 183 g/mol. The SMILES string of the molecule is CCC(=O)Cc1ccccc1Cl. The molecule has 12 heavy (non-hydrogen) atoms. The lowest BCUT2D eigenvalue weighted by Gasteiger charge is -2.00. The number of ketones is 1. The first-order valence-electron chi connectivity index (χ1n) is 3.99. The van der Waals surface area contributed by atoms with Gasteiger partial charge >= 0.3 is 0 Å². The minimum Gasteiger partial charge on any atom is -0.299 e. The molecule has 2 heteroatoms. The minimum absolute atomic E-state index is 0.225. The maximum Gasteiger partial charge on any atom is 0.137 e. The molecule has 1 aromatic carbocycles. The van der Waals surface area contributed by atoms with Gasteiger partial charge in [0.15, 0.2) is 0 Å². The Balaban J connectivity index is 2.75. The molecule has 0 bridgehead atoms. The summed E-state index contributed by atoms with van der Waals surface area (Å²) in [6.45, 7) is 1.86. The van der Waals surface area contributed by atoms with E-state index in [4.69, 9.17) is 11.6 Å². The zero-order valence-corrected chi connectivity index (χ0v) is 7.77. The van der Waals surface area contributed by atoms with Gasteiger partial charge in [-0.05, 0) is 11.6 Å². The number of rotatable bonds is 3. The van der Waals surface area contributed by atoms with E-state index in [1.54, 1.807) is 6.07 Å². The molecule has 0 aliphatic rings. The van der Waals surface area contributed by atoms with Crippen LogP contribution in [0.3, 0.4) is 0 Å². The van der Waals surface area contributed by atoms with Gasteiger partial charge in [-0.1, -0.05) is 36.7 Å². The summed E-state index contributed by atoms with van der Waals surface area (Å²) in [5, 5.41) is 0.680. The average Bonchev–Trinajstić information content (AvgIpc) is 2.09. The Bertz CT molecular complexity index is 281. The fraction of sp³-hybridized carbons (Fsp3) is 0.300. The second-order valence-electron chi connectivity index (χ2n) is 2.66. The maximum atomic E-state index is 11.1. The van der Waals surface area contributed by atoms with Crippen LogP contribution in [0.5, 0.6) is 0 Å². The molecule has 1 rings (SSSR count). The monoisotopic (exact) mass is 182 g/mol. The lowest BCUT2D eigenvalue weighted by atomic mass is 10.1. The molecule has 0 aliphatic carbocycles. The molecule has 0 saturated carbocycles. The predicted molar refractivity (Wildman–Crippen MR) is 50.5 cm³/mol. The topological polar surface area (TPSA) is 17.1 Å². The first kappa shape index (κ1) is 9.27.